The molecule has 0 heterocycles. The van der Waals surface area contributed by atoms with Gasteiger partial charge in [-0.3, -0.25) is 4.79 Å². The van der Waals surface area contributed by atoms with Gasteiger partial charge in [-0.1, -0.05) is 0 Å². The molecule has 0 aromatic carbocycles. The maximum atomic E-state index is 11.5. The fourth-order valence-corrected chi connectivity index (χ4v) is 3.47. The Bertz CT molecular complexity index is 490. The van der Waals surface area contributed by atoms with Gasteiger partial charge in [0.2, 0.25) is 10.0 Å². The Morgan fingerprint density at radius 1 is 1.35 bits per heavy atom. The molecule has 9 heteroatoms. The highest BCUT2D eigenvalue weighted by molar-refractivity contribution is 7.90. The van der Waals surface area contributed by atoms with Crippen molar-refractivity contribution in [2.24, 2.45) is 0 Å². The summed E-state index contributed by atoms with van der Waals surface area (Å²) >= 11 is 0. The van der Waals surface area contributed by atoms with Gasteiger partial charge >= 0.3 is 5.97 Å². The van der Waals surface area contributed by atoms with Crippen LogP contribution in [0.2, 0.25) is 0 Å². The van der Waals surface area contributed by atoms with Gasteiger partial charge in [0.25, 0.3) is 0 Å². The van der Waals surface area contributed by atoms with Crippen LogP contribution in [0.3, 0.4) is 0 Å². The highest BCUT2D eigenvalue weighted by Gasteiger charge is 2.38. The summed E-state index contributed by atoms with van der Waals surface area (Å²) in [6.45, 7) is 0. The molecule has 17 heavy (non-hydrogen) atoms. The molecule has 1 aliphatic carbocycles. The van der Waals surface area contributed by atoms with Crippen molar-refractivity contribution in [1.82, 2.24) is 4.72 Å². The summed E-state index contributed by atoms with van der Waals surface area (Å²) in [5, 5.41) is 8.29. The Morgan fingerprint density at radius 3 is 2.24 bits per heavy atom. The van der Waals surface area contributed by atoms with E-state index in [-0.39, 0.29) is 12.2 Å². The van der Waals surface area contributed by atoms with Crippen LogP contribution in [0.25, 0.3) is 0 Å². The van der Waals surface area contributed by atoms with Crippen LogP contribution in [0.4, 0.5) is 0 Å². The lowest BCUT2D eigenvalue weighted by Gasteiger charge is -2.13. The largest absolute Gasteiger partial charge is 0.480 e. The Hall–Kier alpha value is -0.670. The monoisotopic (exact) mass is 285 g/mol. The van der Waals surface area contributed by atoms with Gasteiger partial charge in [0, 0.05) is 6.26 Å². The summed E-state index contributed by atoms with van der Waals surface area (Å²) in [6.07, 6.45) is 1.75. The number of carboxylic acid groups (broad SMARTS) is 1. The zero-order chi connectivity index (χ0) is 13.3. The predicted octanol–water partition coefficient (Wildman–Crippen LogP) is -1.04. The van der Waals surface area contributed by atoms with Crippen LogP contribution in [0, 0.1) is 0 Å². The van der Waals surface area contributed by atoms with Crippen LogP contribution in [0.5, 0.6) is 0 Å². The molecule has 2 N–H and O–H groups in total. The maximum absolute atomic E-state index is 11.5. The Morgan fingerprint density at radius 2 is 1.88 bits per heavy atom. The van der Waals surface area contributed by atoms with Gasteiger partial charge in [0.1, 0.15) is 15.9 Å². The second kappa shape index (κ2) is 4.91. The van der Waals surface area contributed by atoms with E-state index >= 15 is 0 Å². The minimum Gasteiger partial charge on any atom is -0.480 e. The van der Waals surface area contributed by atoms with Gasteiger partial charge in [0.15, 0.2) is 0 Å². The van der Waals surface area contributed by atoms with Gasteiger partial charge < -0.3 is 5.11 Å². The topological polar surface area (TPSA) is 118 Å². The zero-order valence-electron chi connectivity index (χ0n) is 9.29. The number of sulfone groups is 1. The van der Waals surface area contributed by atoms with E-state index in [0.29, 0.717) is 12.8 Å². The van der Waals surface area contributed by atoms with Gasteiger partial charge in [-0.15, -0.1) is 0 Å². The van der Waals surface area contributed by atoms with Crippen molar-refractivity contribution in [2.45, 2.75) is 30.6 Å². The molecule has 0 aliphatic heterocycles. The summed E-state index contributed by atoms with van der Waals surface area (Å²) < 4.78 is 46.9. The first-order valence-corrected chi connectivity index (χ1v) is 8.64. The smallest absolute Gasteiger partial charge is 0.321 e. The lowest BCUT2D eigenvalue weighted by atomic mass is 10.2. The Balaban J connectivity index is 2.64. The molecule has 1 saturated carbocycles. The van der Waals surface area contributed by atoms with Gasteiger partial charge in [-0.25, -0.2) is 21.6 Å². The lowest BCUT2D eigenvalue weighted by Crippen LogP contribution is -2.43. The number of rotatable bonds is 7. The average molecular weight is 285 g/mol. The quantitative estimate of drug-likeness (QED) is 0.616. The third kappa shape index (κ3) is 5.00. The maximum Gasteiger partial charge on any atom is 0.321 e. The van der Waals surface area contributed by atoms with Crippen molar-refractivity contribution in [3.63, 3.8) is 0 Å². The summed E-state index contributed by atoms with van der Waals surface area (Å²) in [7, 11) is -6.94. The standard InChI is InChI=1S/C8H15NO6S2/c1-16(12,13)5-4-7(8(10)11)9-17(14,15)6-2-3-6/h6-7,9H,2-5H2,1H3,(H,10,11). The Labute approximate surface area is 100 Å². The number of carbonyl (C=O) groups is 1. The minimum atomic E-state index is -3.62. The average Bonchev–Trinajstić information content (AvgIpc) is 2.92. The van der Waals surface area contributed by atoms with E-state index in [4.69, 9.17) is 5.11 Å². The predicted molar refractivity (Wildman–Crippen MR) is 60.8 cm³/mol. The summed E-state index contributed by atoms with van der Waals surface area (Å²) in [5.74, 6) is -1.73. The molecule has 0 bridgehead atoms. The highest BCUT2D eigenvalue weighted by Crippen LogP contribution is 2.27. The number of aliphatic carboxylic acids is 1. The molecule has 7 nitrogen and oxygen atoms in total. The molecule has 1 atom stereocenters. The van der Waals surface area contributed by atoms with Crippen LogP contribution in [-0.4, -0.2) is 51.2 Å². The summed E-state index contributed by atoms with van der Waals surface area (Å²) in [4.78, 5) is 10.8. The molecule has 0 spiro atoms. The number of nitrogens with one attached hydrogen (secondary N) is 1. The van der Waals surface area contributed by atoms with Crippen molar-refractivity contribution >= 4 is 25.8 Å². The minimum absolute atomic E-state index is 0.264. The summed E-state index contributed by atoms with van der Waals surface area (Å²) in [5.41, 5.74) is 0. The van der Waals surface area contributed by atoms with E-state index in [1.807, 2.05) is 4.72 Å². The SMILES string of the molecule is CS(=O)(=O)CCC(NS(=O)(=O)C1CC1)C(=O)O. The first-order valence-electron chi connectivity index (χ1n) is 5.03. The van der Waals surface area contributed by atoms with Crippen LogP contribution in [0.1, 0.15) is 19.3 Å². The molecule has 1 fully saturated rings. The van der Waals surface area contributed by atoms with Crippen molar-refractivity contribution in [3.8, 4) is 0 Å². The fraction of sp³-hybridized carbons (Fsp3) is 0.875. The van der Waals surface area contributed by atoms with E-state index < -0.39 is 37.1 Å². The van der Waals surface area contributed by atoms with E-state index in [9.17, 15) is 21.6 Å². The Kier molecular flexibility index (Phi) is 4.15. The van der Waals surface area contributed by atoms with Gasteiger partial charge in [-0.05, 0) is 19.3 Å². The van der Waals surface area contributed by atoms with Crippen molar-refractivity contribution in [3.05, 3.63) is 0 Å². The van der Waals surface area contributed by atoms with Crippen LogP contribution in [0.15, 0.2) is 0 Å². The fourth-order valence-electron chi connectivity index (χ4n) is 1.24. The molecular formula is C8H15NO6S2. The zero-order valence-corrected chi connectivity index (χ0v) is 10.9. The molecule has 0 saturated heterocycles. The third-order valence-electron chi connectivity index (χ3n) is 2.35. The molecule has 0 amide bonds. The molecule has 0 aromatic rings. The number of sulfonamides is 1. The van der Waals surface area contributed by atoms with Crippen molar-refractivity contribution in [1.29, 1.82) is 0 Å². The van der Waals surface area contributed by atoms with E-state index in [1.165, 1.54) is 0 Å². The van der Waals surface area contributed by atoms with Crippen molar-refractivity contribution < 1.29 is 26.7 Å². The molecule has 100 valence electrons. The molecule has 0 aromatic heterocycles. The number of hydrogen-bond donors (Lipinski definition) is 2. The highest BCUT2D eigenvalue weighted by atomic mass is 32.2. The first-order chi connectivity index (χ1) is 7.62. The van der Waals surface area contributed by atoms with E-state index in [1.54, 1.807) is 0 Å². The molecule has 1 unspecified atom stereocenters. The van der Waals surface area contributed by atoms with Crippen molar-refractivity contribution in [2.75, 3.05) is 12.0 Å². The molecular weight excluding hydrogens is 270 g/mol. The summed E-state index contributed by atoms with van der Waals surface area (Å²) in [6, 6.07) is -1.38. The second-order valence-corrected chi connectivity index (χ2v) is 8.42. The molecule has 1 rings (SSSR count). The third-order valence-corrected chi connectivity index (χ3v) is 5.28. The van der Waals surface area contributed by atoms with Crippen LogP contribution < -0.4 is 4.72 Å². The number of hydrogen-bond acceptors (Lipinski definition) is 5. The van der Waals surface area contributed by atoms with Crippen LogP contribution >= 0.6 is 0 Å². The van der Waals surface area contributed by atoms with E-state index in [0.717, 1.165) is 6.26 Å². The normalized spacial score (nSPS) is 18.9. The number of carboxylic acids is 1. The van der Waals surface area contributed by atoms with Gasteiger partial charge in [-0.2, -0.15) is 0 Å². The molecule has 1 aliphatic rings. The first kappa shape index (κ1) is 14.4. The van der Waals surface area contributed by atoms with Gasteiger partial charge in [0.05, 0.1) is 11.0 Å². The van der Waals surface area contributed by atoms with Crippen LogP contribution in [-0.2, 0) is 24.7 Å². The lowest BCUT2D eigenvalue weighted by molar-refractivity contribution is -0.139. The van der Waals surface area contributed by atoms with E-state index in [2.05, 4.69) is 0 Å². The second-order valence-electron chi connectivity index (χ2n) is 4.17. The molecule has 0 radical (unpaired) electrons.